The molecule has 5 heteroatoms. The summed E-state index contributed by atoms with van der Waals surface area (Å²) in [5, 5.41) is 3.63. The maximum Gasteiger partial charge on any atom is 0.260 e. The molecule has 1 atom stereocenters. The number of likely N-dealkylation sites (tertiary alicyclic amines) is 1. The van der Waals surface area contributed by atoms with Gasteiger partial charge in [0.15, 0.2) is 0 Å². The van der Waals surface area contributed by atoms with Crippen molar-refractivity contribution in [3.05, 3.63) is 5.89 Å². The summed E-state index contributed by atoms with van der Waals surface area (Å²) in [4.78, 5) is 6.45. The van der Waals surface area contributed by atoms with Crippen molar-refractivity contribution in [2.24, 2.45) is 0 Å². The van der Waals surface area contributed by atoms with Gasteiger partial charge in [-0.3, -0.25) is 4.90 Å². The maximum atomic E-state index is 5.44. The van der Waals surface area contributed by atoms with E-state index in [4.69, 9.17) is 10.3 Å². The van der Waals surface area contributed by atoms with Crippen molar-refractivity contribution in [3.8, 4) is 0 Å². The molecular weight excluding hydrogens is 180 g/mol. The number of hydrogen-bond donors (Lipinski definition) is 1. The van der Waals surface area contributed by atoms with Crippen LogP contribution in [0.25, 0.3) is 0 Å². The molecule has 78 valence electrons. The molecule has 1 aliphatic rings. The van der Waals surface area contributed by atoms with Crippen LogP contribution in [0, 0.1) is 0 Å². The van der Waals surface area contributed by atoms with Crippen LogP contribution in [0.1, 0.15) is 38.1 Å². The molecule has 1 aliphatic heterocycles. The summed E-state index contributed by atoms with van der Waals surface area (Å²) in [5.74, 6) is 0.908. The highest BCUT2D eigenvalue weighted by molar-refractivity contribution is 5.12. The van der Waals surface area contributed by atoms with Crippen LogP contribution in [0.4, 0.5) is 5.95 Å². The van der Waals surface area contributed by atoms with Crippen LogP contribution in [0.15, 0.2) is 4.52 Å². The summed E-state index contributed by atoms with van der Waals surface area (Å²) < 4.78 is 5.11. The molecule has 1 saturated heterocycles. The molecule has 0 aromatic carbocycles. The van der Waals surface area contributed by atoms with Crippen molar-refractivity contribution in [2.45, 2.75) is 32.2 Å². The Kier molecular flexibility index (Phi) is 2.67. The second-order valence-corrected chi connectivity index (χ2v) is 3.63. The van der Waals surface area contributed by atoms with E-state index in [1.165, 1.54) is 12.8 Å². The van der Waals surface area contributed by atoms with E-state index in [1.807, 2.05) is 0 Å². The zero-order valence-electron chi connectivity index (χ0n) is 8.44. The van der Waals surface area contributed by atoms with Crippen LogP contribution in [0.2, 0.25) is 0 Å². The first-order valence-corrected chi connectivity index (χ1v) is 5.14. The lowest BCUT2D eigenvalue weighted by Gasteiger charge is -2.32. The average molecular weight is 196 g/mol. The Morgan fingerprint density at radius 2 is 2.43 bits per heavy atom. The fourth-order valence-corrected chi connectivity index (χ4v) is 2.03. The molecule has 0 spiro atoms. The molecule has 0 radical (unpaired) electrons. The highest BCUT2D eigenvalue weighted by Crippen LogP contribution is 2.29. The first-order valence-electron chi connectivity index (χ1n) is 5.14. The number of anilines is 1. The fraction of sp³-hybridized carbons (Fsp3) is 0.778. The molecule has 1 aromatic heterocycles. The summed E-state index contributed by atoms with van der Waals surface area (Å²) in [6.45, 7) is 4.29. The van der Waals surface area contributed by atoms with E-state index in [9.17, 15) is 0 Å². The molecule has 2 N–H and O–H groups in total. The molecule has 0 aliphatic carbocycles. The van der Waals surface area contributed by atoms with Gasteiger partial charge in [0.2, 0.25) is 5.89 Å². The van der Waals surface area contributed by atoms with Crippen LogP contribution in [-0.2, 0) is 0 Å². The topological polar surface area (TPSA) is 68.2 Å². The lowest BCUT2D eigenvalue weighted by Crippen LogP contribution is -2.33. The molecule has 1 fully saturated rings. The summed E-state index contributed by atoms with van der Waals surface area (Å²) in [6, 6.07) is 0.276. The third-order valence-electron chi connectivity index (χ3n) is 2.76. The van der Waals surface area contributed by atoms with E-state index in [0.717, 1.165) is 19.5 Å². The van der Waals surface area contributed by atoms with Gasteiger partial charge in [0.05, 0.1) is 6.04 Å². The lowest BCUT2D eigenvalue weighted by atomic mass is 10.0. The largest absolute Gasteiger partial charge is 0.365 e. The molecule has 2 heterocycles. The summed E-state index contributed by atoms with van der Waals surface area (Å²) in [7, 11) is 0. The van der Waals surface area contributed by atoms with Crippen molar-refractivity contribution >= 4 is 5.95 Å². The number of nitrogens with two attached hydrogens (primary N) is 1. The van der Waals surface area contributed by atoms with Crippen LogP contribution in [0.5, 0.6) is 0 Å². The number of nitrogens with zero attached hydrogens (tertiary/aromatic N) is 3. The Morgan fingerprint density at radius 1 is 1.57 bits per heavy atom. The third kappa shape index (κ3) is 1.72. The van der Waals surface area contributed by atoms with Crippen molar-refractivity contribution in [1.29, 1.82) is 0 Å². The second-order valence-electron chi connectivity index (χ2n) is 3.63. The Morgan fingerprint density at radius 3 is 3.07 bits per heavy atom. The molecule has 0 amide bonds. The van der Waals surface area contributed by atoms with Gasteiger partial charge in [-0.25, -0.2) is 0 Å². The summed E-state index contributed by atoms with van der Waals surface area (Å²) in [5.41, 5.74) is 5.44. The van der Waals surface area contributed by atoms with Crippen molar-refractivity contribution < 1.29 is 4.52 Å². The predicted molar refractivity (Wildman–Crippen MR) is 52.5 cm³/mol. The van der Waals surface area contributed by atoms with Gasteiger partial charge in [-0.2, -0.15) is 4.98 Å². The SMILES string of the molecule is CCN1CCCCC1c1nc(N)no1. The summed E-state index contributed by atoms with van der Waals surface area (Å²) in [6.07, 6.45) is 3.58. The lowest BCUT2D eigenvalue weighted by molar-refractivity contribution is 0.125. The number of rotatable bonds is 2. The molecule has 2 rings (SSSR count). The van der Waals surface area contributed by atoms with E-state index >= 15 is 0 Å². The van der Waals surface area contributed by atoms with Crippen molar-refractivity contribution in [2.75, 3.05) is 18.8 Å². The van der Waals surface area contributed by atoms with Crippen LogP contribution >= 0.6 is 0 Å². The van der Waals surface area contributed by atoms with Crippen LogP contribution in [0.3, 0.4) is 0 Å². The van der Waals surface area contributed by atoms with E-state index in [0.29, 0.717) is 5.89 Å². The molecule has 1 aromatic rings. The number of hydrogen-bond acceptors (Lipinski definition) is 5. The fourth-order valence-electron chi connectivity index (χ4n) is 2.03. The predicted octanol–water partition coefficient (Wildman–Crippen LogP) is 1.20. The first-order chi connectivity index (χ1) is 6.81. The first kappa shape index (κ1) is 9.45. The highest BCUT2D eigenvalue weighted by atomic mass is 16.5. The summed E-state index contributed by atoms with van der Waals surface area (Å²) >= 11 is 0. The Balaban J connectivity index is 2.14. The van der Waals surface area contributed by atoms with Gasteiger partial charge in [0.25, 0.3) is 5.95 Å². The molecule has 0 saturated carbocycles. The van der Waals surface area contributed by atoms with E-state index in [-0.39, 0.29) is 12.0 Å². The molecule has 1 unspecified atom stereocenters. The normalized spacial score (nSPS) is 23.9. The van der Waals surface area contributed by atoms with Crippen molar-refractivity contribution in [3.63, 3.8) is 0 Å². The minimum Gasteiger partial charge on any atom is -0.365 e. The van der Waals surface area contributed by atoms with Crippen LogP contribution in [-0.4, -0.2) is 28.1 Å². The van der Waals surface area contributed by atoms with E-state index in [2.05, 4.69) is 22.0 Å². The number of piperidine rings is 1. The van der Waals surface area contributed by atoms with Gasteiger partial charge in [0, 0.05) is 0 Å². The quantitative estimate of drug-likeness (QED) is 0.769. The second kappa shape index (κ2) is 3.96. The highest BCUT2D eigenvalue weighted by Gasteiger charge is 2.27. The Hall–Kier alpha value is -1.10. The molecule has 5 nitrogen and oxygen atoms in total. The monoisotopic (exact) mass is 196 g/mol. The standard InChI is InChI=1S/C9H16N4O/c1-2-13-6-4-3-5-7(13)8-11-9(10)12-14-8/h7H,2-6H2,1H3,(H2,10,12). The van der Waals surface area contributed by atoms with Gasteiger partial charge < -0.3 is 10.3 Å². The van der Waals surface area contributed by atoms with Crippen LogP contribution < -0.4 is 5.73 Å². The minimum atomic E-state index is 0.238. The average Bonchev–Trinajstić information content (AvgIpc) is 2.65. The Bertz CT molecular complexity index is 299. The zero-order chi connectivity index (χ0) is 9.97. The zero-order valence-corrected chi connectivity index (χ0v) is 8.44. The van der Waals surface area contributed by atoms with Crippen molar-refractivity contribution in [1.82, 2.24) is 15.0 Å². The maximum absolute atomic E-state index is 5.44. The smallest absolute Gasteiger partial charge is 0.260 e. The third-order valence-corrected chi connectivity index (χ3v) is 2.76. The number of nitrogen functional groups attached to an aromatic ring is 1. The Labute approximate surface area is 83.3 Å². The number of aromatic nitrogens is 2. The minimum absolute atomic E-state index is 0.238. The van der Waals surface area contributed by atoms with Gasteiger partial charge in [-0.1, -0.05) is 13.3 Å². The van der Waals surface area contributed by atoms with Gasteiger partial charge in [0.1, 0.15) is 0 Å². The molecule has 0 bridgehead atoms. The van der Waals surface area contributed by atoms with E-state index < -0.39 is 0 Å². The van der Waals surface area contributed by atoms with Gasteiger partial charge >= 0.3 is 0 Å². The van der Waals surface area contributed by atoms with Gasteiger partial charge in [-0.05, 0) is 31.1 Å². The van der Waals surface area contributed by atoms with E-state index in [1.54, 1.807) is 0 Å². The van der Waals surface area contributed by atoms with Gasteiger partial charge in [-0.15, -0.1) is 0 Å². The molecular formula is C9H16N4O. The molecule has 14 heavy (non-hydrogen) atoms.